The molecule has 64 valence electrons. The molecule has 0 amide bonds. The van der Waals surface area contributed by atoms with Gasteiger partial charge >= 0.3 is 0 Å². The van der Waals surface area contributed by atoms with Crippen LogP contribution in [0, 0.1) is 17.2 Å². The SMILES string of the molecule is C=C(CC(C)C(C)=N)C(C)C. The molecule has 0 fully saturated rings. The third-order valence-electron chi connectivity index (χ3n) is 2.12. The fourth-order valence-corrected chi connectivity index (χ4v) is 0.782. The predicted molar refractivity (Wildman–Crippen MR) is 51.2 cm³/mol. The second kappa shape index (κ2) is 4.32. The molecular weight excluding hydrogens is 134 g/mol. The zero-order valence-electron chi connectivity index (χ0n) is 8.07. The summed E-state index contributed by atoms with van der Waals surface area (Å²) in [5, 5.41) is 7.39. The zero-order valence-corrected chi connectivity index (χ0v) is 8.07. The van der Waals surface area contributed by atoms with Crippen molar-refractivity contribution in [1.82, 2.24) is 0 Å². The summed E-state index contributed by atoms with van der Waals surface area (Å²) in [6, 6.07) is 0. The summed E-state index contributed by atoms with van der Waals surface area (Å²) in [6.45, 7) is 12.2. The van der Waals surface area contributed by atoms with Gasteiger partial charge in [-0.1, -0.05) is 32.9 Å². The molecule has 11 heavy (non-hydrogen) atoms. The van der Waals surface area contributed by atoms with E-state index < -0.39 is 0 Å². The van der Waals surface area contributed by atoms with Gasteiger partial charge in [-0.2, -0.15) is 0 Å². The van der Waals surface area contributed by atoms with Crippen molar-refractivity contribution >= 4 is 5.71 Å². The van der Waals surface area contributed by atoms with Crippen LogP contribution < -0.4 is 0 Å². The van der Waals surface area contributed by atoms with Gasteiger partial charge in [-0.3, -0.25) is 0 Å². The van der Waals surface area contributed by atoms with Gasteiger partial charge in [0.1, 0.15) is 0 Å². The first kappa shape index (κ1) is 10.4. The fraction of sp³-hybridized carbons (Fsp3) is 0.700. The van der Waals surface area contributed by atoms with Crippen molar-refractivity contribution in [2.75, 3.05) is 0 Å². The highest BCUT2D eigenvalue weighted by atomic mass is 14.4. The van der Waals surface area contributed by atoms with E-state index in [1.807, 2.05) is 6.92 Å². The Bertz CT molecular complexity index is 156. The lowest BCUT2D eigenvalue weighted by molar-refractivity contribution is 0.652. The molecule has 1 atom stereocenters. The Morgan fingerprint density at radius 1 is 1.36 bits per heavy atom. The molecule has 1 N–H and O–H groups in total. The Balaban J connectivity index is 3.85. The third-order valence-corrected chi connectivity index (χ3v) is 2.12. The summed E-state index contributed by atoms with van der Waals surface area (Å²) in [5.74, 6) is 0.918. The molecule has 0 saturated carbocycles. The van der Waals surface area contributed by atoms with Crippen molar-refractivity contribution in [2.45, 2.75) is 34.1 Å². The van der Waals surface area contributed by atoms with Crippen LogP contribution in [0.2, 0.25) is 0 Å². The molecule has 0 rings (SSSR count). The number of rotatable bonds is 4. The van der Waals surface area contributed by atoms with E-state index in [0.717, 1.165) is 12.1 Å². The molecule has 1 unspecified atom stereocenters. The van der Waals surface area contributed by atoms with Crippen LogP contribution in [0.4, 0.5) is 0 Å². The Hall–Kier alpha value is -0.590. The van der Waals surface area contributed by atoms with Crippen LogP contribution in [-0.4, -0.2) is 5.71 Å². The summed E-state index contributed by atoms with van der Waals surface area (Å²) in [5.41, 5.74) is 2.01. The molecule has 0 aromatic rings. The first-order valence-electron chi connectivity index (χ1n) is 4.17. The van der Waals surface area contributed by atoms with E-state index in [-0.39, 0.29) is 0 Å². The molecule has 0 radical (unpaired) electrons. The van der Waals surface area contributed by atoms with Crippen molar-refractivity contribution in [3.8, 4) is 0 Å². The highest BCUT2D eigenvalue weighted by molar-refractivity contribution is 5.81. The van der Waals surface area contributed by atoms with Gasteiger partial charge in [0.05, 0.1) is 0 Å². The lowest BCUT2D eigenvalue weighted by Crippen LogP contribution is -2.08. The topological polar surface area (TPSA) is 23.9 Å². The van der Waals surface area contributed by atoms with Crippen LogP contribution in [0.1, 0.15) is 34.1 Å². The second-order valence-electron chi connectivity index (χ2n) is 3.60. The molecule has 0 heterocycles. The van der Waals surface area contributed by atoms with Crippen LogP contribution in [0.15, 0.2) is 12.2 Å². The minimum atomic E-state index is 0.366. The van der Waals surface area contributed by atoms with Gasteiger partial charge in [0.25, 0.3) is 0 Å². The predicted octanol–water partition coefficient (Wildman–Crippen LogP) is 3.26. The Labute approximate surface area is 70.0 Å². The molecule has 0 saturated heterocycles. The van der Waals surface area contributed by atoms with Gasteiger partial charge in [0.2, 0.25) is 0 Å². The van der Waals surface area contributed by atoms with Crippen molar-refractivity contribution in [2.24, 2.45) is 11.8 Å². The largest absolute Gasteiger partial charge is 0.310 e. The highest BCUT2D eigenvalue weighted by Crippen LogP contribution is 2.17. The Morgan fingerprint density at radius 3 is 2.09 bits per heavy atom. The highest BCUT2D eigenvalue weighted by Gasteiger charge is 2.08. The lowest BCUT2D eigenvalue weighted by atomic mass is 9.92. The van der Waals surface area contributed by atoms with E-state index in [1.165, 1.54) is 5.57 Å². The maximum Gasteiger partial charge on any atom is 0.00895 e. The van der Waals surface area contributed by atoms with Crippen LogP contribution in [-0.2, 0) is 0 Å². The van der Waals surface area contributed by atoms with Crippen molar-refractivity contribution in [3.63, 3.8) is 0 Å². The summed E-state index contributed by atoms with van der Waals surface area (Å²) >= 11 is 0. The Kier molecular flexibility index (Phi) is 4.09. The minimum absolute atomic E-state index is 0.366. The van der Waals surface area contributed by atoms with E-state index in [2.05, 4.69) is 27.4 Å². The van der Waals surface area contributed by atoms with Crippen molar-refractivity contribution in [1.29, 1.82) is 5.41 Å². The average molecular weight is 153 g/mol. The number of nitrogens with one attached hydrogen (secondary N) is 1. The summed E-state index contributed by atoms with van der Waals surface area (Å²) in [6.07, 6.45) is 0.965. The Morgan fingerprint density at radius 2 is 1.82 bits per heavy atom. The number of allylic oxidation sites excluding steroid dienone is 1. The first-order chi connectivity index (χ1) is 4.95. The smallest absolute Gasteiger partial charge is 0.00895 e. The first-order valence-corrected chi connectivity index (χ1v) is 4.17. The van der Waals surface area contributed by atoms with E-state index in [9.17, 15) is 0 Å². The van der Waals surface area contributed by atoms with Gasteiger partial charge in [0.15, 0.2) is 0 Å². The van der Waals surface area contributed by atoms with E-state index in [4.69, 9.17) is 5.41 Å². The van der Waals surface area contributed by atoms with E-state index in [0.29, 0.717) is 11.8 Å². The van der Waals surface area contributed by atoms with Crippen molar-refractivity contribution in [3.05, 3.63) is 12.2 Å². The van der Waals surface area contributed by atoms with Gasteiger partial charge < -0.3 is 5.41 Å². The molecule has 1 nitrogen and oxygen atoms in total. The van der Waals surface area contributed by atoms with Gasteiger partial charge in [0, 0.05) is 5.71 Å². The van der Waals surface area contributed by atoms with Crippen LogP contribution >= 0.6 is 0 Å². The summed E-state index contributed by atoms with van der Waals surface area (Å²) in [7, 11) is 0. The van der Waals surface area contributed by atoms with Gasteiger partial charge in [-0.25, -0.2) is 0 Å². The minimum Gasteiger partial charge on any atom is -0.310 e. The number of hydrogen-bond donors (Lipinski definition) is 1. The van der Waals surface area contributed by atoms with Gasteiger partial charge in [-0.05, 0) is 25.2 Å². The molecular formula is C10H19N. The van der Waals surface area contributed by atoms with Crippen LogP contribution in [0.5, 0.6) is 0 Å². The average Bonchev–Trinajstić information content (AvgIpc) is 1.87. The number of hydrogen-bond acceptors (Lipinski definition) is 1. The van der Waals surface area contributed by atoms with Crippen LogP contribution in [0.25, 0.3) is 0 Å². The quantitative estimate of drug-likeness (QED) is 0.473. The van der Waals surface area contributed by atoms with Gasteiger partial charge in [-0.15, -0.1) is 0 Å². The van der Waals surface area contributed by atoms with E-state index in [1.54, 1.807) is 0 Å². The molecule has 0 aromatic heterocycles. The zero-order chi connectivity index (χ0) is 9.02. The fourth-order valence-electron chi connectivity index (χ4n) is 0.782. The molecule has 0 aliphatic carbocycles. The second-order valence-corrected chi connectivity index (χ2v) is 3.60. The summed E-state index contributed by atoms with van der Waals surface area (Å²) < 4.78 is 0. The lowest BCUT2D eigenvalue weighted by Gasteiger charge is -2.14. The molecule has 0 aromatic carbocycles. The van der Waals surface area contributed by atoms with Crippen molar-refractivity contribution < 1.29 is 0 Å². The maximum atomic E-state index is 7.39. The molecule has 0 bridgehead atoms. The normalized spacial score (nSPS) is 13.2. The van der Waals surface area contributed by atoms with E-state index >= 15 is 0 Å². The molecule has 0 spiro atoms. The van der Waals surface area contributed by atoms with Crippen LogP contribution in [0.3, 0.4) is 0 Å². The standard InChI is InChI=1S/C10H19N/c1-7(2)8(3)6-9(4)10(5)11/h7,9,11H,3,6H2,1-2,4-5H3. The molecule has 0 aliphatic heterocycles. The molecule has 1 heteroatoms. The molecule has 0 aliphatic rings. The third kappa shape index (κ3) is 3.97. The maximum absolute atomic E-state index is 7.39. The summed E-state index contributed by atoms with van der Waals surface area (Å²) in [4.78, 5) is 0. The monoisotopic (exact) mass is 153 g/mol.